The lowest BCUT2D eigenvalue weighted by molar-refractivity contribution is -0.136. The van der Waals surface area contributed by atoms with E-state index in [4.69, 9.17) is 9.47 Å². The van der Waals surface area contributed by atoms with Crippen molar-refractivity contribution in [2.45, 2.75) is 6.42 Å². The molecule has 0 atom stereocenters. The van der Waals surface area contributed by atoms with Gasteiger partial charge in [-0.2, -0.15) is 0 Å². The second kappa shape index (κ2) is 9.84. The van der Waals surface area contributed by atoms with E-state index in [9.17, 15) is 14.0 Å². The van der Waals surface area contributed by atoms with Gasteiger partial charge in [-0.3, -0.25) is 9.59 Å². The molecule has 1 aromatic heterocycles. The Balaban J connectivity index is 1.50. The lowest BCUT2D eigenvalue weighted by atomic mass is 10.2. The van der Waals surface area contributed by atoms with Gasteiger partial charge in [-0.15, -0.1) is 11.3 Å². The van der Waals surface area contributed by atoms with Crippen molar-refractivity contribution in [2.75, 3.05) is 26.1 Å². The average molecular weight is 429 g/mol. The Bertz CT molecular complexity index is 1050. The molecule has 7 nitrogen and oxygen atoms in total. The summed E-state index contributed by atoms with van der Waals surface area (Å²) < 4.78 is 23.6. The second-order valence-corrected chi connectivity index (χ2v) is 7.04. The predicted octanol–water partition coefficient (Wildman–Crippen LogP) is 3.26. The molecule has 3 aromatic rings. The maximum absolute atomic E-state index is 13.3. The first kappa shape index (κ1) is 21.3. The smallest absolute Gasteiger partial charge is 0.313 e. The van der Waals surface area contributed by atoms with Gasteiger partial charge in [-0.1, -0.05) is 12.1 Å². The number of aromatic nitrogens is 1. The quantitative estimate of drug-likeness (QED) is 0.563. The van der Waals surface area contributed by atoms with E-state index in [0.717, 1.165) is 5.69 Å². The normalized spacial score (nSPS) is 10.4. The maximum Gasteiger partial charge on any atom is 0.313 e. The van der Waals surface area contributed by atoms with Gasteiger partial charge in [-0.25, -0.2) is 9.37 Å². The van der Waals surface area contributed by atoms with Crippen LogP contribution in [0.3, 0.4) is 0 Å². The third kappa shape index (κ3) is 5.32. The minimum atomic E-state index is -0.791. The topological polar surface area (TPSA) is 89.5 Å². The second-order valence-electron chi connectivity index (χ2n) is 6.18. The minimum Gasteiger partial charge on any atom is -0.493 e. The zero-order chi connectivity index (χ0) is 21.5. The number of nitrogens with one attached hydrogen (secondary N) is 2. The van der Waals surface area contributed by atoms with Gasteiger partial charge in [0.15, 0.2) is 11.5 Å². The van der Waals surface area contributed by atoms with Crippen LogP contribution in [0.25, 0.3) is 10.6 Å². The molecule has 3 rings (SSSR count). The number of halogens is 1. The van der Waals surface area contributed by atoms with Crippen molar-refractivity contribution >= 4 is 28.8 Å². The molecule has 2 N–H and O–H groups in total. The number of hydrogen-bond acceptors (Lipinski definition) is 6. The van der Waals surface area contributed by atoms with Gasteiger partial charge < -0.3 is 20.1 Å². The Hall–Kier alpha value is -3.46. The molecule has 0 saturated carbocycles. The molecule has 0 saturated heterocycles. The van der Waals surface area contributed by atoms with Crippen LogP contribution < -0.4 is 20.1 Å². The number of ether oxygens (including phenoxy) is 2. The van der Waals surface area contributed by atoms with Crippen LogP contribution in [-0.4, -0.2) is 37.6 Å². The van der Waals surface area contributed by atoms with E-state index in [1.165, 1.54) is 37.7 Å². The first-order valence-corrected chi connectivity index (χ1v) is 9.89. The summed E-state index contributed by atoms with van der Waals surface area (Å²) in [5.41, 5.74) is 1.86. The Morgan fingerprint density at radius 2 is 1.87 bits per heavy atom. The van der Waals surface area contributed by atoms with Gasteiger partial charge >= 0.3 is 11.8 Å². The number of thiazole rings is 1. The number of carbonyl (C=O) groups is 2. The third-order valence-electron chi connectivity index (χ3n) is 4.14. The number of methoxy groups -OCH3 is 2. The highest BCUT2D eigenvalue weighted by Crippen LogP contribution is 2.29. The summed E-state index contributed by atoms with van der Waals surface area (Å²) in [6.45, 7) is 0.241. The van der Waals surface area contributed by atoms with Gasteiger partial charge in [0.2, 0.25) is 0 Å². The van der Waals surface area contributed by atoms with Gasteiger partial charge in [0.25, 0.3) is 0 Å². The number of nitrogens with zero attached hydrogens (tertiary/aromatic N) is 1. The van der Waals surface area contributed by atoms with Crippen molar-refractivity contribution in [1.29, 1.82) is 0 Å². The number of carbonyl (C=O) groups excluding carboxylic acids is 2. The van der Waals surface area contributed by atoms with Gasteiger partial charge in [0.1, 0.15) is 10.8 Å². The first-order valence-electron chi connectivity index (χ1n) is 9.01. The van der Waals surface area contributed by atoms with Gasteiger partial charge in [0.05, 0.1) is 19.9 Å². The molecule has 0 aliphatic carbocycles. The third-order valence-corrected chi connectivity index (χ3v) is 5.08. The fourth-order valence-electron chi connectivity index (χ4n) is 2.66. The molecule has 30 heavy (non-hydrogen) atoms. The molecule has 2 aromatic carbocycles. The van der Waals surface area contributed by atoms with Crippen LogP contribution in [0.2, 0.25) is 0 Å². The van der Waals surface area contributed by atoms with Crippen LogP contribution in [0.5, 0.6) is 11.5 Å². The van der Waals surface area contributed by atoms with Crippen molar-refractivity contribution in [3.8, 4) is 22.1 Å². The van der Waals surface area contributed by atoms with Crippen LogP contribution in [0, 0.1) is 5.82 Å². The van der Waals surface area contributed by atoms with E-state index >= 15 is 0 Å². The van der Waals surface area contributed by atoms with Crippen molar-refractivity contribution in [2.24, 2.45) is 0 Å². The molecule has 0 bridgehead atoms. The van der Waals surface area contributed by atoms with E-state index in [-0.39, 0.29) is 12.4 Å². The molecule has 0 radical (unpaired) electrons. The number of rotatable bonds is 7. The number of hydrogen-bond donors (Lipinski definition) is 2. The van der Waals surface area contributed by atoms with E-state index in [1.807, 2.05) is 5.38 Å². The zero-order valence-corrected chi connectivity index (χ0v) is 17.2. The minimum absolute atomic E-state index is 0.241. The molecule has 1 heterocycles. The van der Waals surface area contributed by atoms with Crippen LogP contribution in [0.1, 0.15) is 5.69 Å². The SMILES string of the molecule is COc1ccc(NC(=O)C(=O)NCCc2csc(-c3cccc(F)c3)n2)cc1OC. The fraction of sp³-hybridized carbons (Fsp3) is 0.190. The average Bonchev–Trinajstić information content (AvgIpc) is 3.22. The molecular formula is C21H20FN3O4S. The van der Waals surface area contributed by atoms with Crippen LogP contribution >= 0.6 is 11.3 Å². The summed E-state index contributed by atoms with van der Waals surface area (Å²) in [6, 6.07) is 11.0. The largest absolute Gasteiger partial charge is 0.493 e. The van der Waals surface area contributed by atoms with Gasteiger partial charge in [0, 0.05) is 35.7 Å². The van der Waals surface area contributed by atoms with Crippen LogP contribution in [0.15, 0.2) is 47.8 Å². The number of anilines is 1. The molecule has 0 unspecified atom stereocenters. The van der Waals surface area contributed by atoms with E-state index in [1.54, 1.807) is 30.3 Å². The lowest BCUT2D eigenvalue weighted by Crippen LogP contribution is -2.36. The fourth-order valence-corrected chi connectivity index (χ4v) is 3.51. The summed E-state index contributed by atoms with van der Waals surface area (Å²) in [5, 5.41) is 7.61. The van der Waals surface area contributed by atoms with Crippen molar-refractivity contribution in [1.82, 2.24) is 10.3 Å². The van der Waals surface area contributed by atoms with Crippen LogP contribution in [-0.2, 0) is 16.0 Å². The number of benzene rings is 2. The molecular weight excluding hydrogens is 409 g/mol. The van der Waals surface area contributed by atoms with E-state index in [0.29, 0.717) is 34.2 Å². The Morgan fingerprint density at radius 1 is 1.07 bits per heavy atom. The molecule has 2 amide bonds. The number of amides is 2. The molecule has 0 spiro atoms. The monoisotopic (exact) mass is 429 g/mol. The molecule has 156 valence electrons. The van der Waals surface area contributed by atoms with Crippen molar-refractivity contribution in [3.63, 3.8) is 0 Å². The highest BCUT2D eigenvalue weighted by molar-refractivity contribution is 7.13. The predicted molar refractivity (Wildman–Crippen MR) is 112 cm³/mol. The summed E-state index contributed by atoms with van der Waals surface area (Å²) in [6.07, 6.45) is 0.446. The summed E-state index contributed by atoms with van der Waals surface area (Å²) >= 11 is 1.39. The van der Waals surface area contributed by atoms with E-state index < -0.39 is 11.8 Å². The highest BCUT2D eigenvalue weighted by Gasteiger charge is 2.15. The molecule has 9 heteroatoms. The first-order chi connectivity index (χ1) is 14.5. The van der Waals surface area contributed by atoms with Crippen molar-refractivity contribution < 1.29 is 23.5 Å². The Morgan fingerprint density at radius 3 is 2.60 bits per heavy atom. The molecule has 0 aliphatic rings. The lowest BCUT2D eigenvalue weighted by Gasteiger charge is -2.10. The summed E-state index contributed by atoms with van der Waals surface area (Å²) in [5.74, 6) is -0.919. The zero-order valence-electron chi connectivity index (χ0n) is 16.4. The highest BCUT2D eigenvalue weighted by atomic mass is 32.1. The molecule has 0 aliphatic heterocycles. The standard InChI is InChI=1S/C21H20FN3O4S/c1-28-17-7-6-15(11-18(17)29-2)24-20(27)19(26)23-9-8-16-12-30-21(25-16)13-4-3-5-14(22)10-13/h3-7,10-12H,8-9H2,1-2H3,(H,23,26)(H,24,27). The Kier molecular flexibility index (Phi) is 6.97. The molecule has 0 fully saturated rings. The van der Waals surface area contributed by atoms with Gasteiger partial charge in [-0.05, 0) is 24.3 Å². The van der Waals surface area contributed by atoms with Crippen LogP contribution in [0.4, 0.5) is 10.1 Å². The van der Waals surface area contributed by atoms with E-state index in [2.05, 4.69) is 15.6 Å². The Labute approximate surface area is 176 Å². The maximum atomic E-state index is 13.3. The van der Waals surface area contributed by atoms with Crippen molar-refractivity contribution in [3.05, 3.63) is 59.4 Å². The summed E-state index contributed by atoms with van der Waals surface area (Å²) in [4.78, 5) is 28.6. The summed E-state index contributed by atoms with van der Waals surface area (Å²) in [7, 11) is 2.99.